The first-order valence-corrected chi connectivity index (χ1v) is 10.3. The Morgan fingerprint density at radius 1 is 0.862 bits per heavy atom. The monoisotopic (exact) mass is 460 g/mol. The maximum Gasteiger partial charge on any atom is 0.402 e. The van der Waals surface area contributed by atoms with E-state index in [1.165, 1.54) is 17.3 Å². The van der Waals surface area contributed by atoms with E-state index in [0.29, 0.717) is 0 Å². The molecule has 1 aliphatic rings. The molecule has 0 unspecified atom stereocenters. The number of benzene rings is 2. The van der Waals surface area contributed by atoms with Crippen molar-refractivity contribution >= 4 is 47.5 Å². The van der Waals surface area contributed by atoms with Gasteiger partial charge in [-0.15, -0.1) is 24.8 Å². The SMILES string of the molecule is Cl.Cl.O.OC(=[NH+]c1ccccc1)SCCCN1CCN(Cc2ccccc2)CC1. The predicted octanol–water partition coefficient (Wildman–Crippen LogP) is 2.27. The van der Waals surface area contributed by atoms with Gasteiger partial charge >= 0.3 is 5.23 Å². The van der Waals surface area contributed by atoms with Crippen LogP contribution < -0.4 is 4.99 Å². The minimum absolute atomic E-state index is 0. The molecule has 0 bridgehead atoms. The maximum absolute atomic E-state index is 9.96. The van der Waals surface area contributed by atoms with Gasteiger partial charge in [-0.3, -0.25) is 4.90 Å². The van der Waals surface area contributed by atoms with Crippen molar-refractivity contribution in [1.29, 1.82) is 0 Å². The number of rotatable bonds is 7. The van der Waals surface area contributed by atoms with E-state index < -0.39 is 0 Å². The van der Waals surface area contributed by atoms with Crippen LogP contribution in [0.15, 0.2) is 60.7 Å². The molecule has 162 valence electrons. The average molecular weight is 461 g/mol. The number of piperazine rings is 1. The van der Waals surface area contributed by atoms with Crippen LogP contribution in [0.25, 0.3) is 0 Å². The second-order valence-corrected chi connectivity index (χ2v) is 7.69. The summed E-state index contributed by atoms with van der Waals surface area (Å²) in [6.45, 7) is 6.69. The first-order chi connectivity index (χ1) is 12.8. The summed E-state index contributed by atoms with van der Waals surface area (Å²) >= 11 is 1.49. The van der Waals surface area contributed by atoms with Crippen molar-refractivity contribution in [3.63, 3.8) is 0 Å². The third kappa shape index (κ3) is 10.3. The Morgan fingerprint density at radius 3 is 2.03 bits per heavy atom. The lowest BCUT2D eigenvalue weighted by atomic mass is 10.2. The lowest BCUT2D eigenvalue weighted by molar-refractivity contribution is -0.360. The number of aliphatic hydroxyl groups is 1. The maximum atomic E-state index is 9.96. The van der Waals surface area contributed by atoms with Crippen molar-refractivity contribution in [2.75, 3.05) is 38.5 Å². The minimum Gasteiger partial charge on any atom is -0.455 e. The molecule has 0 aliphatic carbocycles. The highest BCUT2D eigenvalue weighted by atomic mass is 35.5. The fraction of sp³-hybridized carbons (Fsp3) is 0.381. The molecule has 2 aromatic rings. The van der Waals surface area contributed by atoms with Crippen molar-refractivity contribution in [3.05, 3.63) is 66.2 Å². The van der Waals surface area contributed by atoms with Crippen LogP contribution in [0.3, 0.4) is 0 Å². The lowest BCUT2D eigenvalue weighted by Crippen LogP contribution is -2.65. The molecule has 8 heteroatoms. The van der Waals surface area contributed by atoms with Crippen molar-refractivity contribution in [3.8, 4) is 0 Å². The van der Waals surface area contributed by atoms with E-state index >= 15 is 0 Å². The van der Waals surface area contributed by atoms with Gasteiger partial charge < -0.3 is 15.5 Å². The van der Waals surface area contributed by atoms with Gasteiger partial charge in [-0.1, -0.05) is 48.5 Å². The Bertz CT molecular complexity index is 685. The second-order valence-electron chi connectivity index (χ2n) is 6.60. The number of aliphatic hydroxyl groups excluding tert-OH is 1. The summed E-state index contributed by atoms with van der Waals surface area (Å²) in [5, 5.41) is 10.2. The van der Waals surface area contributed by atoms with Gasteiger partial charge in [0.25, 0.3) is 0 Å². The first-order valence-electron chi connectivity index (χ1n) is 9.29. The number of nitrogens with one attached hydrogen (secondary N) is 1. The third-order valence-corrected chi connectivity index (χ3v) is 5.46. The van der Waals surface area contributed by atoms with Gasteiger partial charge in [-0.2, -0.15) is 4.99 Å². The summed E-state index contributed by atoms with van der Waals surface area (Å²) in [4.78, 5) is 8.09. The molecule has 1 saturated heterocycles. The lowest BCUT2D eigenvalue weighted by Gasteiger charge is -2.34. The summed E-state index contributed by atoms with van der Waals surface area (Å²) in [6.07, 6.45) is 1.09. The topological polar surface area (TPSA) is 72.2 Å². The van der Waals surface area contributed by atoms with Crippen LogP contribution in [0.5, 0.6) is 0 Å². The largest absolute Gasteiger partial charge is 0.455 e. The zero-order chi connectivity index (χ0) is 18.0. The van der Waals surface area contributed by atoms with Crippen LogP contribution in [0.4, 0.5) is 5.69 Å². The fourth-order valence-corrected chi connectivity index (χ4v) is 3.81. The number of halogens is 2. The van der Waals surface area contributed by atoms with Gasteiger partial charge in [0.1, 0.15) is 0 Å². The first kappa shape index (κ1) is 27.7. The van der Waals surface area contributed by atoms with E-state index in [1.54, 1.807) is 0 Å². The number of para-hydroxylation sites is 1. The van der Waals surface area contributed by atoms with E-state index in [9.17, 15) is 5.11 Å². The van der Waals surface area contributed by atoms with Gasteiger partial charge in [0.15, 0.2) is 0 Å². The van der Waals surface area contributed by atoms with Gasteiger partial charge in [-0.05, 0) is 30.3 Å². The molecule has 2 aromatic carbocycles. The van der Waals surface area contributed by atoms with E-state index in [4.69, 9.17) is 0 Å². The third-order valence-electron chi connectivity index (χ3n) is 4.60. The fourth-order valence-electron chi connectivity index (χ4n) is 3.15. The van der Waals surface area contributed by atoms with Crippen molar-refractivity contribution in [1.82, 2.24) is 9.80 Å². The van der Waals surface area contributed by atoms with Crippen LogP contribution in [-0.2, 0) is 6.54 Å². The number of hydrogen-bond acceptors (Lipinski definition) is 3. The standard InChI is InChI=1S/C21H27N3OS.2ClH.H2O/c25-21(22-20-10-5-2-6-11-20)26-17-7-12-23-13-15-24(16-14-23)18-19-8-3-1-4-9-19;;;/h1-6,8-11H,7,12-18H2,(H,22,25);2*1H;1H2/p+1. The molecule has 0 radical (unpaired) electrons. The van der Waals surface area contributed by atoms with Crippen LogP contribution in [0, 0.1) is 0 Å². The molecular weight excluding hydrogens is 429 g/mol. The van der Waals surface area contributed by atoms with Crippen LogP contribution in [-0.4, -0.2) is 64.1 Å². The van der Waals surface area contributed by atoms with Crippen molar-refractivity contribution in [2.24, 2.45) is 0 Å². The summed E-state index contributed by atoms with van der Waals surface area (Å²) in [6, 6.07) is 20.5. The van der Waals surface area contributed by atoms with E-state index in [2.05, 4.69) is 45.1 Å². The zero-order valence-corrected chi connectivity index (χ0v) is 18.9. The summed E-state index contributed by atoms with van der Waals surface area (Å²) in [5.74, 6) is 0.926. The molecule has 5 nitrogen and oxygen atoms in total. The summed E-state index contributed by atoms with van der Waals surface area (Å²) in [7, 11) is 0. The van der Waals surface area contributed by atoms with E-state index in [0.717, 1.165) is 57.1 Å². The Labute approximate surface area is 190 Å². The smallest absolute Gasteiger partial charge is 0.402 e. The number of nitrogens with zero attached hydrogens (tertiary/aromatic N) is 2. The molecule has 1 fully saturated rings. The molecule has 1 aliphatic heterocycles. The molecule has 29 heavy (non-hydrogen) atoms. The molecule has 0 spiro atoms. The molecular formula is C21H32Cl2N3O2S+. The predicted molar refractivity (Wildman–Crippen MR) is 128 cm³/mol. The number of thioether (sulfide) groups is 1. The molecule has 1 heterocycles. The normalized spacial score (nSPS) is 15.0. The summed E-state index contributed by atoms with van der Waals surface area (Å²) in [5.41, 5.74) is 2.32. The van der Waals surface area contributed by atoms with Crippen molar-refractivity contribution < 1.29 is 15.6 Å². The van der Waals surface area contributed by atoms with Gasteiger partial charge in [0.05, 0.1) is 0 Å². The van der Waals surface area contributed by atoms with Crippen LogP contribution in [0.2, 0.25) is 0 Å². The van der Waals surface area contributed by atoms with Crippen molar-refractivity contribution in [2.45, 2.75) is 13.0 Å². The molecule has 0 atom stereocenters. The Morgan fingerprint density at radius 2 is 1.41 bits per heavy atom. The van der Waals surface area contributed by atoms with Gasteiger partial charge in [0.2, 0.25) is 5.69 Å². The van der Waals surface area contributed by atoms with Gasteiger partial charge in [0, 0.05) is 50.6 Å². The van der Waals surface area contributed by atoms with E-state index in [1.807, 2.05) is 30.3 Å². The molecule has 3 rings (SSSR count). The zero-order valence-electron chi connectivity index (χ0n) is 16.5. The highest BCUT2D eigenvalue weighted by molar-refractivity contribution is 8.13. The molecule has 0 amide bonds. The average Bonchev–Trinajstić information content (AvgIpc) is 2.68. The second kappa shape index (κ2) is 15.5. The highest BCUT2D eigenvalue weighted by Crippen LogP contribution is 2.10. The Balaban J connectivity index is 0.00000261. The molecule has 0 aromatic heterocycles. The highest BCUT2D eigenvalue weighted by Gasteiger charge is 2.16. The Kier molecular flexibility index (Phi) is 14.9. The van der Waals surface area contributed by atoms with Gasteiger partial charge in [-0.25, -0.2) is 0 Å². The number of hydrogen-bond donors (Lipinski definition) is 2. The molecule has 0 saturated carbocycles. The quantitative estimate of drug-likeness (QED) is 0.377. The van der Waals surface area contributed by atoms with Crippen LogP contribution >= 0.6 is 36.6 Å². The Hall–Kier alpha value is -1.28. The summed E-state index contributed by atoms with van der Waals surface area (Å²) < 4.78 is 0. The molecule has 4 N–H and O–H groups in total. The van der Waals surface area contributed by atoms with E-state index in [-0.39, 0.29) is 35.5 Å². The minimum atomic E-state index is 0. The van der Waals surface area contributed by atoms with Crippen LogP contribution in [0.1, 0.15) is 12.0 Å².